The maximum absolute atomic E-state index is 8.99. The summed E-state index contributed by atoms with van der Waals surface area (Å²) < 4.78 is 0. The lowest BCUT2D eigenvalue weighted by Crippen LogP contribution is -2.29. The Labute approximate surface area is 113 Å². The van der Waals surface area contributed by atoms with Crippen LogP contribution in [0.25, 0.3) is 0 Å². The normalized spacial score (nSPS) is 9.63. The number of hydrogen-bond donors (Lipinski definition) is 2. The van der Waals surface area contributed by atoms with Crippen LogP contribution in [0.5, 0.6) is 0 Å². The topological polar surface area (TPSA) is 40.5 Å². The number of benzene rings is 2. The molecule has 0 radical (unpaired) electrons. The maximum atomic E-state index is 8.99. The SMILES string of the molecule is CCc1ccc(C#Cc2ccc(B(O)O)cc2)cc1. The molecule has 0 amide bonds. The van der Waals surface area contributed by atoms with Crippen LogP contribution in [-0.2, 0) is 6.42 Å². The first kappa shape index (κ1) is 13.4. The Morgan fingerprint density at radius 1 is 0.842 bits per heavy atom. The smallest absolute Gasteiger partial charge is 0.423 e. The fraction of sp³-hybridized carbons (Fsp3) is 0.125. The summed E-state index contributed by atoms with van der Waals surface area (Å²) >= 11 is 0. The summed E-state index contributed by atoms with van der Waals surface area (Å²) in [5, 5.41) is 18.0. The quantitative estimate of drug-likeness (QED) is 0.623. The standard InChI is InChI=1S/C16H15BO2/c1-2-13-3-5-14(6-4-13)7-8-15-9-11-16(12-10-15)17(18)19/h3-6,9-12,18-19H,2H2,1H3. The van der Waals surface area contributed by atoms with Crippen molar-refractivity contribution in [1.29, 1.82) is 0 Å². The van der Waals surface area contributed by atoms with Crippen molar-refractivity contribution in [1.82, 2.24) is 0 Å². The van der Waals surface area contributed by atoms with Gasteiger partial charge in [0.1, 0.15) is 0 Å². The molecule has 2 aromatic rings. The molecular weight excluding hydrogens is 235 g/mol. The van der Waals surface area contributed by atoms with Gasteiger partial charge in [-0.2, -0.15) is 0 Å². The number of hydrogen-bond acceptors (Lipinski definition) is 2. The van der Waals surface area contributed by atoms with E-state index in [0.29, 0.717) is 5.46 Å². The minimum atomic E-state index is -1.43. The Morgan fingerprint density at radius 2 is 1.32 bits per heavy atom. The highest BCUT2D eigenvalue weighted by atomic mass is 16.4. The van der Waals surface area contributed by atoms with Crippen molar-refractivity contribution in [2.45, 2.75) is 13.3 Å². The van der Waals surface area contributed by atoms with Crippen molar-refractivity contribution in [2.75, 3.05) is 0 Å². The van der Waals surface area contributed by atoms with Gasteiger partial charge in [0.25, 0.3) is 0 Å². The van der Waals surface area contributed by atoms with E-state index in [2.05, 4.69) is 30.9 Å². The van der Waals surface area contributed by atoms with Crippen LogP contribution in [0.4, 0.5) is 0 Å². The van der Waals surface area contributed by atoms with Crippen LogP contribution in [0.15, 0.2) is 48.5 Å². The van der Waals surface area contributed by atoms with Crippen molar-refractivity contribution in [2.24, 2.45) is 0 Å². The maximum Gasteiger partial charge on any atom is 0.488 e. The van der Waals surface area contributed by atoms with Crippen LogP contribution in [0, 0.1) is 11.8 Å². The van der Waals surface area contributed by atoms with Gasteiger partial charge in [-0.3, -0.25) is 0 Å². The summed E-state index contributed by atoms with van der Waals surface area (Å²) in [5.41, 5.74) is 3.59. The summed E-state index contributed by atoms with van der Waals surface area (Å²) in [6.07, 6.45) is 1.03. The molecule has 2 N–H and O–H groups in total. The highest BCUT2D eigenvalue weighted by molar-refractivity contribution is 6.58. The van der Waals surface area contributed by atoms with Crippen LogP contribution in [0.2, 0.25) is 0 Å². The minimum absolute atomic E-state index is 0.470. The van der Waals surface area contributed by atoms with Crippen LogP contribution >= 0.6 is 0 Å². The lowest BCUT2D eigenvalue weighted by atomic mass is 9.80. The molecule has 2 nitrogen and oxygen atoms in total. The van der Waals surface area contributed by atoms with Crippen LogP contribution < -0.4 is 5.46 Å². The van der Waals surface area contributed by atoms with E-state index in [9.17, 15) is 0 Å². The second-order valence-corrected chi connectivity index (χ2v) is 4.30. The summed E-state index contributed by atoms with van der Waals surface area (Å²) in [4.78, 5) is 0. The lowest BCUT2D eigenvalue weighted by molar-refractivity contribution is 0.426. The molecule has 0 unspecified atom stereocenters. The van der Waals surface area contributed by atoms with Crippen molar-refractivity contribution >= 4 is 12.6 Å². The monoisotopic (exact) mass is 250 g/mol. The second-order valence-electron chi connectivity index (χ2n) is 4.30. The molecule has 0 atom stereocenters. The molecule has 0 fully saturated rings. The zero-order chi connectivity index (χ0) is 13.7. The molecule has 0 spiro atoms. The first-order valence-corrected chi connectivity index (χ1v) is 6.26. The highest BCUT2D eigenvalue weighted by Gasteiger charge is 2.08. The van der Waals surface area contributed by atoms with Gasteiger partial charge in [0.2, 0.25) is 0 Å². The van der Waals surface area contributed by atoms with Gasteiger partial charge in [-0.05, 0) is 41.7 Å². The molecule has 2 aromatic carbocycles. The number of rotatable bonds is 2. The van der Waals surface area contributed by atoms with Gasteiger partial charge < -0.3 is 10.0 Å². The van der Waals surface area contributed by atoms with Gasteiger partial charge in [0.15, 0.2) is 0 Å². The summed E-state index contributed by atoms with van der Waals surface area (Å²) in [6.45, 7) is 2.12. The van der Waals surface area contributed by atoms with Crippen molar-refractivity contribution < 1.29 is 10.0 Å². The Kier molecular flexibility index (Phi) is 4.41. The Morgan fingerprint density at radius 3 is 1.74 bits per heavy atom. The van der Waals surface area contributed by atoms with E-state index >= 15 is 0 Å². The van der Waals surface area contributed by atoms with Gasteiger partial charge in [-0.15, -0.1) is 0 Å². The van der Waals surface area contributed by atoms with Crippen molar-refractivity contribution in [3.05, 3.63) is 65.2 Å². The van der Waals surface area contributed by atoms with Crippen LogP contribution in [0.3, 0.4) is 0 Å². The predicted octanol–water partition coefficient (Wildman–Crippen LogP) is 1.33. The molecule has 0 aliphatic heterocycles. The molecule has 94 valence electrons. The molecule has 0 aromatic heterocycles. The van der Waals surface area contributed by atoms with E-state index in [1.807, 2.05) is 12.1 Å². The first-order valence-electron chi connectivity index (χ1n) is 6.26. The van der Waals surface area contributed by atoms with Crippen LogP contribution in [0.1, 0.15) is 23.6 Å². The Balaban J connectivity index is 2.14. The lowest BCUT2D eigenvalue weighted by Gasteiger charge is -1.98. The minimum Gasteiger partial charge on any atom is -0.423 e. The van der Waals surface area contributed by atoms with E-state index in [0.717, 1.165) is 17.5 Å². The van der Waals surface area contributed by atoms with Crippen LogP contribution in [-0.4, -0.2) is 17.2 Å². The molecule has 0 aliphatic rings. The van der Waals surface area contributed by atoms with E-state index in [1.54, 1.807) is 24.3 Å². The third kappa shape index (κ3) is 3.72. The zero-order valence-corrected chi connectivity index (χ0v) is 10.8. The summed E-state index contributed by atoms with van der Waals surface area (Å²) in [7, 11) is -1.43. The molecule has 2 rings (SSSR count). The van der Waals surface area contributed by atoms with E-state index in [1.165, 1.54) is 5.56 Å². The van der Waals surface area contributed by atoms with E-state index in [4.69, 9.17) is 10.0 Å². The first-order chi connectivity index (χ1) is 9.19. The Bertz CT molecular complexity index is 589. The van der Waals surface area contributed by atoms with Gasteiger partial charge >= 0.3 is 7.12 Å². The van der Waals surface area contributed by atoms with Crippen molar-refractivity contribution in [3.8, 4) is 11.8 Å². The molecule has 0 saturated heterocycles. The molecule has 0 aliphatic carbocycles. The second kappa shape index (κ2) is 6.24. The Hall–Kier alpha value is -2.02. The third-order valence-corrected chi connectivity index (χ3v) is 2.92. The van der Waals surface area contributed by atoms with Gasteiger partial charge in [-0.25, -0.2) is 0 Å². The average Bonchev–Trinajstić information content (AvgIpc) is 2.46. The van der Waals surface area contributed by atoms with Gasteiger partial charge in [0, 0.05) is 11.1 Å². The largest absolute Gasteiger partial charge is 0.488 e. The van der Waals surface area contributed by atoms with Crippen molar-refractivity contribution in [3.63, 3.8) is 0 Å². The average molecular weight is 250 g/mol. The molecular formula is C16H15BO2. The predicted molar refractivity (Wildman–Crippen MR) is 78.1 cm³/mol. The molecule has 0 heterocycles. The molecule has 3 heteroatoms. The number of aryl methyl sites for hydroxylation is 1. The molecule has 0 bridgehead atoms. The summed E-state index contributed by atoms with van der Waals surface area (Å²) in [6, 6.07) is 15.1. The van der Waals surface area contributed by atoms with E-state index < -0.39 is 7.12 Å². The summed E-state index contributed by atoms with van der Waals surface area (Å²) in [5.74, 6) is 6.14. The fourth-order valence-electron chi connectivity index (χ4n) is 1.71. The fourth-order valence-corrected chi connectivity index (χ4v) is 1.71. The molecule has 0 saturated carbocycles. The third-order valence-electron chi connectivity index (χ3n) is 2.92. The zero-order valence-electron chi connectivity index (χ0n) is 10.8. The van der Waals surface area contributed by atoms with E-state index in [-0.39, 0.29) is 0 Å². The highest BCUT2D eigenvalue weighted by Crippen LogP contribution is 2.04. The van der Waals surface area contributed by atoms with Gasteiger partial charge in [-0.1, -0.05) is 43.0 Å². The molecule has 19 heavy (non-hydrogen) atoms. The van der Waals surface area contributed by atoms with Gasteiger partial charge in [0.05, 0.1) is 0 Å².